The Morgan fingerprint density at radius 3 is 2.62 bits per heavy atom. The fraction of sp³-hybridized carbons (Fsp3) is 0.476. The van der Waals surface area contributed by atoms with Gasteiger partial charge in [-0.2, -0.15) is 0 Å². The predicted molar refractivity (Wildman–Crippen MR) is 98.9 cm³/mol. The third kappa shape index (κ3) is 3.46. The molecule has 1 saturated carbocycles. The van der Waals surface area contributed by atoms with Crippen LogP contribution in [0, 0.1) is 0 Å². The summed E-state index contributed by atoms with van der Waals surface area (Å²) in [6.45, 7) is 2.21. The zero-order chi connectivity index (χ0) is 16.2. The summed E-state index contributed by atoms with van der Waals surface area (Å²) in [4.78, 5) is 7.32. The largest absolute Gasteiger partial charge is 0.367 e. The molecule has 1 aromatic heterocycles. The number of rotatable bonds is 5. The first-order chi connectivity index (χ1) is 11.9. The van der Waals surface area contributed by atoms with Crippen molar-refractivity contribution in [3.05, 3.63) is 59.8 Å². The van der Waals surface area contributed by atoms with Crippen molar-refractivity contribution >= 4 is 5.82 Å². The van der Waals surface area contributed by atoms with Gasteiger partial charge in [0.05, 0.1) is 0 Å². The molecule has 2 heterocycles. The van der Waals surface area contributed by atoms with Crippen LogP contribution < -0.4 is 5.32 Å². The third-order valence-corrected chi connectivity index (χ3v) is 5.49. The standard InChI is InChI=1S/C21H27N3/c1-2-8-17(9-3-1)16-24-15-5-4-13-20(24)19-12-7-14-22-21(19)23-18-10-6-11-18/h1-3,7-9,12,14,18,20H,4-6,10-11,13,15-16H2,(H,22,23)/t20-/m0/s1. The fourth-order valence-corrected chi connectivity index (χ4v) is 3.90. The van der Waals surface area contributed by atoms with Gasteiger partial charge >= 0.3 is 0 Å². The van der Waals surface area contributed by atoms with Crippen LogP contribution in [0.2, 0.25) is 0 Å². The second-order valence-electron chi connectivity index (χ2n) is 7.18. The van der Waals surface area contributed by atoms with Gasteiger partial charge in [-0.3, -0.25) is 4.90 Å². The van der Waals surface area contributed by atoms with Gasteiger partial charge in [-0.1, -0.05) is 42.8 Å². The van der Waals surface area contributed by atoms with Crippen molar-refractivity contribution < 1.29 is 0 Å². The molecule has 4 rings (SSSR count). The maximum Gasteiger partial charge on any atom is 0.130 e. The molecule has 1 aliphatic heterocycles. The zero-order valence-corrected chi connectivity index (χ0v) is 14.3. The highest BCUT2D eigenvalue weighted by Gasteiger charge is 2.27. The van der Waals surface area contributed by atoms with Crippen LogP contribution in [0.1, 0.15) is 55.7 Å². The Labute approximate surface area is 145 Å². The topological polar surface area (TPSA) is 28.2 Å². The van der Waals surface area contributed by atoms with E-state index in [4.69, 9.17) is 0 Å². The van der Waals surface area contributed by atoms with E-state index in [1.807, 2.05) is 6.20 Å². The van der Waals surface area contributed by atoms with Crippen LogP contribution in [0.3, 0.4) is 0 Å². The summed E-state index contributed by atoms with van der Waals surface area (Å²) >= 11 is 0. The van der Waals surface area contributed by atoms with Crippen LogP contribution in [0.5, 0.6) is 0 Å². The average Bonchev–Trinajstić information content (AvgIpc) is 2.60. The van der Waals surface area contributed by atoms with Gasteiger partial charge in [0.2, 0.25) is 0 Å². The molecular formula is C21H27N3. The average molecular weight is 321 g/mol. The number of aromatic nitrogens is 1. The molecule has 1 aromatic carbocycles. The Morgan fingerprint density at radius 2 is 1.83 bits per heavy atom. The summed E-state index contributed by atoms with van der Waals surface area (Å²) in [6, 6.07) is 16.3. The highest BCUT2D eigenvalue weighted by Crippen LogP contribution is 2.36. The quantitative estimate of drug-likeness (QED) is 0.859. The van der Waals surface area contributed by atoms with Crippen LogP contribution in [-0.4, -0.2) is 22.5 Å². The van der Waals surface area contributed by atoms with E-state index in [2.05, 4.69) is 57.7 Å². The Morgan fingerprint density at radius 1 is 0.958 bits per heavy atom. The second kappa shape index (κ2) is 7.35. The molecule has 0 unspecified atom stereocenters. The Kier molecular flexibility index (Phi) is 4.79. The first-order valence-corrected chi connectivity index (χ1v) is 9.39. The molecule has 1 N–H and O–H groups in total. The molecule has 0 radical (unpaired) electrons. The molecule has 1 saturated heterocycles. The van der Waals surface area contributed by atoms with E-state index in [0.29, 0.717) is 12.1 Å². The summed E-state index contributed by atoms with van der Waals surface area (Å²) in [5, 5.41) is 3.69. The molecule has 0 amide bonds. The first kappa shape index (κ1) is 15.6. The number of nitrogens with zero attached hydrogens (tertiary/aromatic N) is 2. The van der Waals surface area contributed by atoms with Gasteiger partial charge in [-0.05, 0) is 50.3 Å². The molecule has 0 bridgehead atoms. The molecule has 3 nitrogen and oxygen atoms in total. The summed E-state index contributed by atoms with van der Waals surface area (Å²) in [7, 11) is 0. The van der Waals surface area contributed by atoms with Crippen molar-refractivity contribution in [1.29, 1.82) is 0 Å². The highest BCUT2D eigenvalue weighted by atomic mass is 15.2. The molecule has 2 aliphatic rings. The molecule has 1 atom stereocenters. The van der Waals surface area contributed by atoms with E-state index in [-0.39, 0.29) is 0 Å². The van der Waals surface area contributed by atoms with Crippen LogP contribution in [0.15, 0.2) is 48.7 Å². The molecule has 2 fully saturated rings. The lowest BCUT2D eigenvalue weighted by molar-refractivity contribution is 0.140. The predicted octanol–water partition coefficient (Wildman–Crippen LogP) is 4.77. The van der Waals surface area contributed by atoms with E-state index >= 15 is 0 Å². The summed E-state index contributed by atoms with van der Waals surface area (Å²) < 4.78 is 0. The summed E-state index contributed by atoms with van der Waals surface area (Å²) in [5.41, 5.74) is 2.79. The summed E-state index contributed by atoms with van der Waals surface area (Å²) in [5.74, 6) is 1.12. The molecule has 1 aliphatic carbocycles. The minimum absolute atomic E-state index is 0.482. The smallest absolute Gasteiger partial charge is 0.130 e. The lowest BCUT2D eigenvalue weighted by Gasteiger charge is -2.37. The second-order valence-corrected chi connectivity index (χ2v) is 7.18. The maximum absolute atomic E-state index is 4.68. The summed E-state index contributed by atoms with van der Waals surface area (Å²) in [6.07, 6.45) is 9.70. The van der Waals surface area contributed by atoms with Crippen molar-refractivity contribution in [3.8, 4) is 0 Å². The first-order valence-electron chi connectivity index (χ1n) is 9.39. The van der Waals surface area contributed by atoms with Crippen LogP contribution in [0.25, 0.3) is 0 Å². The Bertz CT molecular complexity index is 651. The Hall–Kier alpha value is -1.87. The van der Waals surface area contributed by atoms with Crippen molar-refractivity contribution in [2.24, 2.45) is 0 Å². The number of piperidine rings is 1. The lowest BCUT2D eigenvalue weighted by atomic mass is 9.91. The van der Waals surface area contributed by atoms with E-state index in [1.54, 1.807) is 0 Å². The van der Waals surface area contributed by atoms with Crippen LogP contribution in [-0.2, 0) is 6.54 Å². The fourth-order valence-electron chi connectivity index (χ4n) is 3.90. The van der Waals surface area contributed by atoms with Gasteiger partial charge < -0.3 is 5.32 Å². The van der Waals surface area contributed by atoms with E-state index < -0.39 is 0 Å². The van der Waals surface area contributed by atoms with E-state index in [0.717, 1.165) is 12.4 Å². The van der Waals surface area contributed by atoms with Gasteiger partial charge in [0, 0.05) is 30.4 Å². The lowest BCUT2D eigenvalue weighted by Crippen LogP contribution is -2.34. The molecular weight excluding hydrogens is 294 g/mol. The van der Waals surface area contributed by atoms with Gasteiger partial charge in [-0.15, -0.1) is 0 Å². The number of likely N-dealkylation sites (tertiary alicyclic amines) is 1. The molecule has 24 heavy (non-hydrogen) atoms. The molecule has 2 aromatic rings. The van der Waals surface area contributed by atoms with Gasteiger partial charge in [0.15, 0.2) is 0 Å². The minimum Gasteiger partial charge on any atom is -0.367 e. The van der Waals surface area contributed by atoms with Crippen molar-refractivity contribution in [2.45, 2.75) is 57.2 Å². The van der Waals surface area contributed by atoms with Gasteiger partial charge in [0.25, 0.3) is 0 Å². The number of nitrogens with one attached hydrogen (secondary N) is 1. The van der Waals surface area contributed by atoms with Crippen LogP contribution in [0.4, 0.5) is 5.82 Å². The molecule has 0 spiro atoms. The number of anilines is 1. The minimum atomic E-state index is 0.482. The maximum atomic E-state index is 4.68. The van der Waals surface area contributed by atoms with Crippen molar-refractivity contribution in [1.82, 2.24) is 9.88 Å². The monoisotopic (exact) mass is 321 g/mol. The van der Waals surface area contributed by atoms with Gasteiger partial charge in [-0.25, -0.2) is 4.98 Å². The van der Waals surface area contributed by atoms with Gasteiger partial charge in [0.1, 0.15) is 5.82 Å². The molecule has 3 heteroatoms. The highest BCUT2D eigenvalue weighted by molar-refractivity contribution is 5.47. The normalized spacial score (nSPS) is 22.1. The van der Waals surface area contributed by atoms with Crippen molar-refractivity contribution in [3.63, 3.8) is 0 Å². The van der Waals surface area contributed by atoms with Crippen molar-refractivity contribution in [2.75, 3.05) is 11.9 Å². The van der Waals surface area contributed by atoms with E-state index in [9.17, 15) is 0 Å². The number of hydrogen-bond acceptors (Lipinski definition) is 3. The SMILES string of the molecule is c1ccc(CN2CCCC[C@H]2c2cccnc2NC2CCC2)cc1. The number of hydrogen-bond donors (Lipinski definition) is 1. The third-order valence-electron chi connectivity index (χ3n) is 5.49. The number of pyridine rings is 1. The van der Waals surface area contributed by atoms with E-state index in [1.165, 1.54) is 56.2 Å². The molecule has 126 valence electrons. The Balaban J connectivity index is 1.56. The zero-order valence-electron chi connectivity index (χ0n) is 14.3. The van der Waals surface area contributed by atoms with Crippen LogP contribution >= 0.6 is 0 Å². The number of benzene rings is 1.